The van der Waals surface area contributed by atoms with Crippen LogP contribution < -0.4 is 4.74 Å². The summed E-state index contributed by atoms with van der Waals surface area (Å²) in [7, 11) is 1.61. The van der Waals surface area contributed by atoms with Crippen LogP contribution >= 0.6 is 0 Å². The molecule has 0 fully saturated rings. The molecular formula is C13H18N2O2. The zero-order chi connectivity index (χ0) is 13.0. The zero-order valence-corrected chi connectivity index (χ0v) is 10.6. The van der Waals surface area contributed by atoms with Crippen molar-refractivity contribution in [2.45, 2.75) is 26.7 Å². The third kappa shape index (κ3) is 3.31. The first-order valence-corrected chi connectivity index (χ1v) is 5.45. The summed E-state index contributed by atoms with van der Waals surface area (Å²) in [5, 5.41) is 14.9. The fraction of sp³-hybridized carbons (Fsp3) is 0.385. The van der Waals surface area contributed by atoms with E-state index in [-0.39, 0.29) is 11.8 Å². The smallest absolute Gasteiger partial charge is 0.220 e. The molecule has 0 saturated carbocycles. The summed E-state index contributed by atoms with van der Waals surface area (Å²) >= 11 is 0. The minimum atomic E-state index is -0.0360. The normalized spacial score (nSPS) is 10.2. The Kier molecular flexibility index (Phi) is 4.26. The molecule has 0 saturated heterocycles. The molecule has 4 heteroatoms. The van der Waals surface area contributed by atoms with E-state index in [1.54, 1.807) is 13.2 Å². The van der Waals surface area contributed by atoms with E-state index in [0.29, 0.717) is 11.5 Å². The highest BCUT2D eigenvalue weighted by atomic mass is 16.5. The molecule has 2 N–H and O–H groups in total. The minimum Gasteiger partial charge on any atom is -0.496 e. The van der Waals surface area contributed by atoms with E-state index in [1.165, 1.54) is 6.92 Å². The lowest BCUT2D eigenvalue weighted by atomic mass is 10.0. The average Bonchev–Trinajstić information content (AvgIpc) is 2.27. The summed E-state index contributed by atoms with van der Waals surface area (Å²) in [5.41, 5.74) is 1.70. The van der Waals surface area contributed by atoms with Gasteiger partial charge in [-0.1, -0.05) is 19.9 Å². The number of ether oxygens (including phenoxy) is 2. The van der Waals surface area contributed by atoms with Gasteiger partial charge in [-0.3, -0.25) is 10.8 Å². The number of hydrogen-bond donors (Lipinski definition) is 2. The van der Waals surface area contributed by atoms with Gasteiger partial charge in [0.2, 0.25) is 5.90 Å². The Bertz CT molecular complexity index is 439. The van der Waals surface area contributed by atoms with Gasteiger partial charge < -0.3 is 9.47 Å². The first-order chi connectivity index (χ1) is 7.95. The molecule has 0 spiro atoms. The van der Waals surface area contributed by atoms with Gasteiger partial charge in [0.1, 0.15) is 5.75 Å². The molecule has 0 heterocycles. The molecule has 0 unspecified atom stereocenters. The van der Waals surface area contributed by atoms with E-state index >= 15 is 0 Å². The van der Waals surface area contributed by atoms with Crippen LogP contribution in [0.4, 0.5) is 0 Å². The molecule has 0 radical (unpaired) electrons. The highest BCUT2D eigenvalue weighted by Gasteiger charge is 2.11. The maximum absolute atomic E-state index is 7.69. The van der Waals surface area contributed by atoms with Crippen molar-refractivity contribution in [3.8, 4) is 5.75 Å². The van der Waals surface area contributed by atoms with E-state index in [1.807, 2.05) is 12.1 Å². The third-order valence-corrected chi connectivity index (χ3v) is 2.37. The van der Waals surface area contributed by atoms with Gasteiger partial charge in [-0.05, 0) is 23.6 Å². The monoisotopic (exact) mass is 234 g/mol. The first kappa shape index (κ1) is 13.2. The molecule has 0 aromatic heterocycles. The molecule has 1 aromatic rings. The SMILES string of the molecule is COc1cc(C(=N)OC(C)=N)ccc1C(C)C. The Morgan fingerprint density at radius 1 is 1.24 bits per heavy atom. The van der Waals surface area contributed by atoms with Gasteiger partial charge in [-0.25, -0.2) is 0 Å². The lowest BCUT2D eigenvalue weighted by Gasteiger charge is -2.13. The molecule has 0 atom stereocenters. The number of benzene rings is 1. The Labute approximate surface area is 102 Å². The van der Waals surface area contributed by atoms with Crippen molar-refractivity contribution in [1.29, 1.82) is 10.8 Å². The van der Waals surface area contributed by atoms with E-state index in [2.05, 4.69) is 13.8 Å². The Morgan fingerprint density at radius 3 is 2.35 bits per heavy atom. The van der Waals surface area contributed by atoms with Crippen LogP contribution in [-0.4, -0.2) is 18.9 Å². The number of hydrogen-bond acceptors (Lipinski definition) is 4. The fourth-order valence-corrected chi connectivity index (χ4v) is 1.54. The van der Waals surface area contributed by atoms with E-state index in [4.69, 9.17) is 20.3 Å². The predicted molar refractivity (Wildman–Crippen MR) is 68.4 cm³/mol. The van der Waals surface area contributed by atoms with Crippen LogP contribution in [0.3, 0.4) is 0 Å². The number of rotatable bonds is 3. The van der Waals surface area contributed by atoms with Crippen LogP contribution in [0.15, 0.2) is 18.2 Å². The van der Waals surface area contributed by atoms with Gasteiger partial charge in [-0.15, -0.1) is 0 Å². The number of nitrogens with one attached hydrogen (secondary N) is 2. The molecule has 0 aliphatic heterocycles. The fourth-order valence-electron chi connectivity index (χ4n) is 1.54. The maximum Gasteiger partial charge on any atom is 0.220 e. The van der Waals surface area contributed by atoms with Crippen LogP contribution in [-0.2, 0) is 4.74 Å². The molecule has 4 nitrogen and oxygen atoms in total. The third-order valence-electron chi connectivity index (χ3n) is 2.37. The van der Waals surface area contributed by atoms with E-state index in [9.17, 15) is 0 Å². The molecule has 0 amide bonds. The van der Waals surface area contributed by atoms with Gasteiger partial charge in [-0.2, -0.15) is 0 Å². The summed E-state index contributed by atoms with van der Waals surface area (Å²) in [6.07, 6.45) is 0. The quantitative estimate of drug-likeness (QED) is 0.623. The highest BCUT2D eigenvalue weighted by molar-refractivity contribution is 5.98. The van der Waals surface area contributed by atoms with Crippen molar-refractivity contribution in [3.63, 3.8) is 0 Å². The van der Waals surface area contributed by atoms with Gasteiger partial charge in [0.05, 0.1) is 7.11 Å². The second-order valence-corrected chi connectivity index (χ2v) is 4.10. The van der Waals surface area contributed by atoms with Crippen molar-refractivity contribution in [3.05, 3.63) is 29.3 Å². The molecule has 0 aliphatic rings. The largest absolute Gasteiger partial charge is 0.496 e. The molecule has 92 valence electrons. The summed E-state index contributed by atoms with van der Waals surface area (Å²) in [5.74, 6) is 1.07. The molecular weight excluding hydrogens is 216 g/mol. The average molecular weight is 234 g/mol. The number of methoxy groups -OCH3 is 1. The van der Waals surface area contributed by atoms with Crippen molar-refractivity contribution >= 4 is 11.8 Å². The van der Waals surface area contributed by atoms with Crippen LogP contribution in [0.25, 0.3) is 0 Å². The Hall–Kier alpha value is -1.84. The van der Waals surface area contributed by atoms with Crippen molar-refractivity contribution < 1.29 is 9.47 Å². The summed E-state index contributed by atoms with van der Waals surface area (Å²) in [6.45, 7) is 5.66. The van der Waals surface area contributed by atoms with Crippen LogP contribution in [0.2, 0.25) is 0 Å². The van der Waals surface area contributed by atoms with E-state index < -0.39 is 0 Å². The highest BCUT2D eigenvalue weighted by Crippen LogP contribution is 2.27. The van der Waals surface area contributed by atoms with Crippen molar-refractivity contribution in [2.24, 2.45) is 0 Å². The maximum atomic E-state index is 7.69. The lowest BCUT2D eigenvalue weighted by molar-refractivity contribution is 0.407. The molecule has 0 aliphatic carbocycles. The lowest BCUT2D eigenvalue weighted by Crippen LogP contribution is -2.09. The molecule has 17 heavy (non-hydrogen) atoms. The standard InChI is InChI=1S/C13H18N2O2/c1-8(2)11-6-5-10(7-12(11)16-4)13(15)17-9(3)14/h5-8,14-15H,1-4H3. The Balaban J connectivity index is 3.05. The van der Waals surface area contributed by atoms with Gasteiger partial charge in [0, 0.05) is 12.5 Å². The summed E-state index contributed by atoms with van der Waals surface area (Å²) in [4.78, 5) is 0. The molecule has 0 bridgehead atoms. The zero-order valence-electron chi connectivity index (χ0n) is 10.6. The topological polar surface area (TPSA) is 66.2 Å². The van der Waals surface area contributed by atoms with Crippen LogP contribution in [0.5, 0.6) is 5.75 Å². The van der Waals surface area contributed by atoms with E-state index in [0.717, 1.165) is 11.3 Å². The summed E-state index contributed by atoms with van der Waals surface area (Å²) < 4.78 is 10.2. The summed E-state index contributed by atoms with van der Waals surface area (Å²) in [6, 6.07) is 5.50. The second kappa shape index (κ2) is 5.48. The van der Waals surface area contributed by atoms with Gasteiger partial charge in [0.15, 0.2) is 5.90 Å². The predicted octanol–water partition coefficient (Wildman–Crippen LogP) is 3.16. The van der Waals surface area contributed by atoms with Crippen molar-refractivity contribution in [1.82, 2.24) is 0 Å². The van der Waals surface area contributed by atoms with Gasteiger partial charge >= 0.3 is 0 Å². The first-order valence-electron chi connectivity index (χ1n) is 5.45. The molecule has 1 rings (SSSR count). The van der Waals surface area contributed by atoms with Crippen molar-refractivity contribution in [2.75, 3.05) is 7.11 Å². The van der Waals surface area contributed by atoms with Crippen LogP contribution in [0, 0.1) is 10.8 Å². The van der Waals surface area contributed by atoms with Crippen LogP contribution in [0.1, 0.15) is 37.8 Å². The Morgan fingerprint density at radius 2 is 1.88 bits per heavy atom. The molecule has 1 aromatic carbocycles. The minimum absolute atomic E-state index is 0.00176. The second-order valence-electron chi connectivity index (χ2n) is 4.10. The van der Waals surface area contributed by atoms with Gasteiger partial charge in [0.25, 0.3) is 0 Å².